The predicted molar refractivity (Wildman–Crippen MR) is 57.9 cm³/mol. The number of halogens is 1. The summed E-state index contributed by atoms with van der Waals surface area (Å²) in [5.41, 5.74) is 1.75. The number of hydrogen-bond donors (Lipinski definition) is 2. The van der Waals surface area contributed by atoms with Crippen molar-refractivity contribution in [2.45, 2.75) is 12.8 Å². The Morgan fingerprint density at radius 2 is 2.25 bits per heavy atom. The van der Waals surface area contributed by atoms with Crippen molar-refractivity contribution in [2.24, 2.45) is 5.92 Å². The quantitative estimate of drug-likeness (QED) is 0.799. The summed E-state index contributed by atoms with van der Waals surface area (Å²) in [4.78, 5) is 11.0. The van der Waals surface area contributed by atoms with Gasteiger partial charge in [0.2, 0.25) is 0 Å². The molecule has 1 saturated heterocycles. The van der Waals surface area contributed by atoms with Crippen LogP contribution in [0, 0.1) is 18.7 Å². The highest BCUT2D eigenvalue weighted by Crippen LogP contribution is 2.30. The molecule has 0 aromatic heterocycles. The normalized spacial score (nSPS) is 24.6. The lowest BCUT2D eigenvalue weighted by Crippen LogP contribution is -2.21. The number of carboxylic acid groups (broad SMARTS) is 1. The van der Waals surface area contributed by atoms with Crippen molar-refractivity contribution in [3.05, 3.63) is 35.1 Å². The number of benzene rings is 1. The van der Waals surface area contributed by atoms with E-state index >= 15 is 0 Å². The van der Waals surface area contributed by atoms with Crippen molar-refractivity contribution >= 4 is 5.97 Å². The van der Waals surface area contributed by atoms with Crippen LogP contribution < -0.4 is 5.32 Å². The molecule has 1 heterocycles. The summed E-state index contributed by atoms with van der Waals surface area (Å²) in [6.07, 6.45) is 0. The van der Waals surface area contributed by atoms with E-state index in [0.717, 1.165) is 11.1 Å². The molecule has 0 saturated carbocycles. The van der Waals surface area contributed by atoms with Crippen molar-refractivity contribution in [3.63, 3.8) is 0 Å². The van der Waals surface area contributed by atoms with Crippen molar-refractivity contribution in [1.29, 1.82) is 0 Å². The number of carboxylic acids is 1. The lowest BCUT2D eigenvalue weighted by atomic mass is 9.86. The van der Waals surface area contributed by atoms with Crippen molar-refractivity contribution in [3.8, 4) is 0 Å². The average Bonchev–Trinajstić information content (AvgIpc) is 2.66. The van der Waals surface area contributed by atoms with E-state index in [4.69, 9.17) is 5.11 Å². The lowest BCUT2D eigenvalue weighted by molar-refractivity contribution is -0.141. The second-order valence-corrected chi connectivity index (χ2v) is 4.21. The van der Waals surface area contributed by atoms with Gasteiger partial charge in [0.1, 0.15) is 5.82 Å². The molecule has 2 N–H and O–H groups in total. The minimum Gasteiger partial charge on any atom is -0.481 e. The maximum absolute atomic E-state index is 13.0. The molecule has 0 spiro atoms. The molecular weight excluding hydrogens is 209 g/mol. The lowest BCUT2D eigenvalue weighted by Gasteiger charge is -2.17. The van der Waals surface area contributed by atoms with Gasteiger partial charge in [0.05, 0.1) is 5.92 Å². The molecule has 16 heavy (non-hydrogen) atoms. The minimum atomic E-state index is -0.793. The predicted octanol–water partition coefficient (Wildman–Crippen LogP) is 1.52. The Morgan fingerprint density at radius 1 is 1.50 bits per heavy atom. The fourth-order valence-corrected chi connectivity index (χ4v) is 2.32. The summed E-state index contributed by atoms with van der Waals surface area (Å²) in [5, 5.41) is 12.1. The SMILES string of the molecule is Cc1cc(F)ccc1[C@@H]1CNC[C@H]1C(=O)O. The highest BCUT2D eigenvalue weighted by atomic mass is 19.1. The second-order valence-electron chi connectivity index (χ2n) is 4.21. The number of rotatable bonds is 2. The molecule has 2 atom stereocenters. The molecular formula is C12H14FNO2. The van der Waals surface area contributed by atoms with Gasteiger partial charge in [-0.15, -0.1) is 0 Å². The Kier molecular flexibility index (Phi) is 2.92. The van der Waals surface area contributed by atoms with Crippen LogP contribution in [-0.2, 0) is 4.79 Å². The van der Waals surface area contributed by atoms with E-state index in [0.29, 0.717) is 13.1 Å². The summed E-state index contributed by atoms with van der Waals surface area (Å²) in [6, 6.07) is 4.53. The highest BCUT2D eigenvalue weighted by molar-refractivity contribution is 5.72. The first-order valence-corrected chi connectivity index (χ1v) is 5.29. The number of hydrogen-bond acceptors (Lipinski definition) is 2. The van der Waals surface area contributed by atoms with Gasteiger partial charge in [0.15, 0.2) is 0 Å². The zero-order chi connectivity index (χ0) is 11.7. The standard InChI is InChI=1S/C12H14FNO2/c1-7-4-8(13)2-3-9(7)10-5-14-6-11(10)12(15)16/h2-4,10-11,14H,5-6H2,1H3,(H,15,16)/t10-,11+/m0/s1. The molecule has 1 fully saturated rings. The maximum atomic E-state index is 13.0. The van der Waals surface area contributed by atoms with E-state index in [1.54, 1.807) is 6.07 Å². The number of aliphatic carboxylic acids is 1. The molecule has 4 heteroatoms. The third kappa shape index (κ3) is 1.93. The van der Waals surface area contributed by atoms with E-state index in [2.05, 4.69) is 5.32 Å². The second kappa shape index (κ2) is 4.22. The van der Waals surface area contributed by atoms with Crippen LogP contribution in [0.5, 0.6) is 0 Å². The summed E-state index contributed by atoms with van der Waals surface area (Å²) >= 11 is 0. The first-order valence-electron chi connectivity index (χ1n) is 5.29. The Bertz CT molecular complexity index is 419. The van der Waals surface area contributed by atoms with Gasteiger partial charge < -0.3 is 10.4 Å². The molecule has 1 aromatic rings. The Morgan fingerprint density at radius 3 is 2.88 bits per heavy atom. The van der Waals surface area contributed by atoms with Crippen LogP contribution in [0.3, 0.4) is 0 Å². The van der Waals surface area contributed by atoms with Crippen molar-refractivity contribution < 1.29 is 14.3 Å². The fourth-order valence-electron chi connectivity index (χ4n) is 2.32. The fraction of sp³-hybridized carbons (Fsp3) is 0.417. The molecule has 0 bridgehead atoms. The molecule has 1 aliphatic heterocycles. The summed E-state index contributed by atoms with van der Waals surface area (Å²) < 4.78 is 13.0. The van der Waals surface area contributed by atoms with Crippen LogP contribution in [0.1, 0.15) is 17.0 Å². The van der Waals surface area contributed by atoms with Gasteiger partial charge in [-0.05, 0) is 30.2 Å². The maximum Gasteiger partial charge on any atom is 0.308 e. The van der Waals surface area contributed by atoms with Crippen LogP contribution in [0.25, 0.3) is 0 Å². The van der Waals surface area contributed by atoms with E-state index in [1.165, 1.54) is 12.1 Å². The van der Waals surface area contributed by atoms with Crippen LogP contribution in [0.15, 0.2) is 18.2 Å². The number of nitrogens with one attached hydrogen (secondary N) is 1. The first kappa shape index (κ1) is 11.1. The third-order valence-electron chi connectivity index (χ3n) is 3.16. The van der Waals surface area contributed by atoms with Crippen LogP contribution in [0.2, 0.25) is 0 Å². The Hall–Kier alpha value is -1.42. The zero-order valence-corrected chi connectivity index (χ0v) is 9.03. The van der Waals surface area contributed by atoms with Crippen LogP contribution in [-0.4, -0.2) is 24.2 Å². The van der Waals surface area contributed by atoms with Gasteiger partial charge >= 0.3 is 5.97 Å². The topological polar surface area (TPSA) is 49.3 Å². The molecule has 1 aliphatic rings. The molecule has 0 amide bonds. The van der Waals surface area contributed by atoms with Gasteiger partial charge in [-0.1, -0.05) is 6.07 Å². The summed E-state index contributed by atoms with van der Waals surface area (Å²) in [5.74, 6) is -1.54. The summed E-state index contributed by atoms with van der Waals surface area (Å²) in [7, 11) is 0. The molecule has 1 aromatic carbocycles. The number of carbonyl (C=O) groups is 1. The van der Waals surface area contributed by atoms with Crippen molar-refractivity contribution in [2.75, 3.05) is 13.1 Å². The van der Waals surface area contributed by atoms with E-state index < -0.39 is 11.9 Å². The van der Waals surface area contributed by atoms with E-state index in [1.807, 2.05) is 6.92 Å². The monoisotopic (exact) mass is 223 g/mol. The van der Waals surface area contributed by atoms with Crippen molar-refractivity contribution in [1.82, 2.24) is 5.32 Å². The third-order valence-corrected chi connectivity index (χ3v) is 3.16. The average molecular weight is 223 g/mol. The molecule has 86 valence electrons. The largest absolute Gasteiger partial charge is 0.481 e. The van der Waals surface area contributed by atoms with Gasteiger partial charge in [-0.25, -0.2) is 4.39 Å². The molecule has 3 nitrogen and oxygen atoms in total. The Balaban J connectivity index is 2.32. The smallest absolute Gasteiger partial charge is 0.308 e. The first-order chi connectivity index (χ1) is 7.59. The zero-order valence-electron chi connectivity index (χ0n) is 9.03. The van der Waals surface area contributed by atoms with Gasteiger partial charge in [0, 0.05) is 19.0 Å². The summed E-state index contributed by atoms with van der Waals surface area (Å²) in [6.45, 7) is 2.94. The molecule has 0 unspecified atom stereocenters. The number of aryl methyl sites for hydroxylation is 1. The van der Waals surface area contributed by atoms with Gasteiger partial charge in [0.25, 0.3) is 0 Å². The molecule has 0 radical (unpaired) electrons. The van der Waals surface area contributed by atoms with E-state index in [9.17, 15) is 9.18 Å². The van der Waals surface area contributed by atoms with Gasteiger partial charge in [-0.2, -0.15) is 0 Å². The van der Waals surface area contributed by atoms with Gasteiger partial charge in [-0.3, -0.25) is 4.79 Å². The molecule has 0 aliphatic carbocycles. The molecule has 2 rings (SSSR count). The Labute approximate surface area is 93.3 Å². The van der Waals surface area contributed by atoms with Crippen LogP contribution in [0.4, 0.5) is 4.39 Å². The minimum absolute atomic E-state index is 0.0573. The van der Waals surface area contributed by atoms with E-state index in [-0.39, 0.29) is 11.7 Å². The highest BCUT2D eigenvalue weighted by Gasteiger charge is 2.34. The van der Waals surface area contributed by atoms with Crippen LogP contribution >= 0.6 is 0 Å².